The van der Waals surface area contributed by atoms with E-state index in [1.165, 1.54) is 36.0 Å². The molecular formula is C21H24F2N2O7S. The van der Waals surface area contributed by atoms with Gasteiger partial charge in [-0.05, 0) is 32.9 Å². The number of sulfonamides is 1. The fourth-order valence-corrected chi connectivity index (χ4v) is 5.44. The summed E-state index contributed by atoms with van der Waals surface area (Å²) in [6.45, 7) is 4.51. The van der Waals surface area contributed by atoms with E-state index in [2.05, 4.69) is 0 Å². The standard InChI is InChI=1S/C21H24F2N2O7S/c1-12-18(21(27)30-4)19(13(2)31-12)33(28,29)25-9-7-24(8-10-25)20(26)14(3)32-15-5-6-16(22)17(23)11-15/h5-6,11,14H,7-10H2,1-4H3. The van der Waals surface area contributed by atoms with E-state index < -0.39 is 39.6 Å². The first-order chi connectivity index (χ1) is 15.5. The monoisotopic (exact) mass is 486 g/mol. The topological polar surface area (TPSA) is 106 Å². The second-order valence-electron chi connectivity index (χ2n) is 7.48. The molecule has 2 aromatic rings. The predicted octanol–water partition coefficient (Wildman–Crippen LogP) is 2.26. The maximum atomic E-state index is 13.4. The number of piperazine rings is 1. The highest BCUT2D eigenvalue weighted by Crippen LogP contribution is 2.30. The minimum absolute atomic E-state index is 0.00268. The minimum Gasteiger partial charge on any atom is -0.481 e. The zero-order valence-electron chi connectivity index (χ0n) is 18.6. The van der Waals surface area contributed by atoms with Crippen LogP contribution in [0.5, 0.6) is 5.75 Å². The molecule has 1 amide bonds. The molecule has 180 valence electrons. The lowest BCUT2D eigenvalue weighted by Gasteiger charge is -2.35. The highest BCUT2D eigenvalue weighted by Gasteiger charge is 2.38. The van der Waals surface area contributed by atoms with Crippen LogP contribution in [0, 0.1) is 25.5 Å². The number of carbonyl (C=O) groups excluding carboxylic acids is 2. The predicted molar refractivity (Wildman–Crippen MR) is 111 cm³/mol. The summed E-state index contributed by atoms with van der Waals surface area (Å²) >= 11 is 0. The average molecular weight is 486 g/mol. The lowest BCUT2D eigenvalue weighted by Crippen LogP contribution is -2.53. The van der Waals surface area contributed by atoms with Gasteiger partial charge in [-0.1, -0.05) is 0 Å². The largest absolute Gasteiger partial charge is 0.481 e. The Bertz CT molecular complexity index is 1170. The quantitative estimate of drug-likeness (QED) is 0.577. The average Bonchev–Trinajstić information content (AvgIpc) is 3.09. The number of carbonyl (C=O) groups is 2. The van der Waals surface area contributed by atoms with Crippen LogP contribution in [0.1, 0.15) is 28.8 Å². The van der Waals surface area contributed by atoms with Gasteiger partial charge in [-0.25, -0.2) is 22.0 Å². The van der Waals surface area contributed by atoms with Crippen molar-refractivity contribution in [2.45, 2.75) is 31.8 Å². The van der Waals surface area contributed by atoms with Crippen LogP contribution in [0.25, 0.3) is 0 Å². The van der Waals surface area contributed by atoms with Gasteiger partial charge in [0.2, 0.25) is 10.0 Å². The summed E-state index contributed by atoms with van der Waals surface area (Å²) in [4.78, 5) is 26.0. The number of nitrogens with zero attached hydrogens (tertiary/aromatic N) is 2. The third-order valence-electron chi connectivity index (χ3n) is 5.29. The van der Waals surface area contributed by atoms with E-state index in [9.17, 15) is 26.8 Å². The Hall–Kier alpha value is -2.99. The van der Waals surface area contributed by atoms with Gasteiger partial charge in [0.25, 0.3) is 5.91 Å². The summed E-state index contributed by atoms with van der Waals surface area (Å²) in [5.74, 6) is -3.17. The fourth-order valence-electron chi connectivity index (χ4n) is 3.65. The Morgan fingerprint density at radius 2 is 1.70 bits per heavy atom. The summed E-state index contributed by atoms with van der Waals surface area (Å²) in [5.41, 5.74) is -0.151. The fraction of sp³-hybridized carbons (Fsp3) is 0.429. The van der Waals surface area contributed by atoms with Crippen LogP contribution < -0.4 is 4.74 Å². The molecule has 0 saturated carbocycles. The Morgan fingerprint density at radius 1 is 1.06 bits per heavy atom. The van der Waals surface area contributed by atoms with Gasteiger partial charge in [0, 0.05) is 32.2 Å². The molecular weight excluding hydrogens is 462 g/mol. The van der Waals surface area contributed by atoms with Crippen molar-refractivity contribution >= 4 is 21.9 Å². The van der Waals surface area contributed by atoms with Gasteiger partial charge >= 0.3 is 5.97 Å². The molecule has 2 heterocycles. The first kappa shape index (κ1) is 24.6. The number of ether oxygens (including phenoxy) is 2. The first-order valence-electron chi connectivity index (χ1n) is 10.1. The summed E-state index contributed by atoms with van der Waals surface area (Å²) in [5, 5.41) is 0. The number of esters is 1. The van der Waals surface area contributed by atoms with Crippen molar-refractivity contribution in [1.82, 2.24) is 9.21 Å². The van der Waals surface area contributed by atoms with Gasteiger partial charge in [0.05, 0.1) is 7.11 Å². The third-order valence-corrected chi connectivity index (χ3v) is 7.35. The maximum absolute atomic E-state index is 13.4. The van der Waals surface area contributed by atoms with Crippen molar-refractivity contribution in [1.29, 1.82) is 0 Å². The normalized spacial score (nSPS) is 15.9. The van der Waals surface area contributed by atoms with Crippen molar-refractivity contribution < 1.29 is 40.7 Å². The summed E-state index contributed by atoms with van der Waals surface area (Å²) in [6.07, 6.45) is -0.997. The number of halogens is 2. The van der Waals surface area contributed by atoms with Crippen molar-refractivity contribution in [3.63, 3.8) is 0 Å². The summed E-state index contributed by atoms with van der Waals surface area (Å²) in [6, 6.07) is 2.95. The molecule has 1 aromatic heterocycles. The summed E-state index contributed by atoms with van der Waals surface area (Å²) < 4.78 is 69.5. The van der Waals surface area contributed by atoms with E-state index in [1.54, 1.807) is 0 Å². The molecule has 3 rings (SSSR count). The zero-order valence-corrected chi connectivity index (χ0v) is 19.4. The number of aryl methyl sites for hydroxylation is 2. The molecule has 1 unspecified atom stereocenters. The smallest absolute Gasteiger partial charge is 0.342 e. The molecule has 33 heavy (non-hydrogen) atoms. The lowest BCUT2D eigenvalue weighted by atomic mass is 10.2. The van der Waals surface area contributed by atoms with Gasteiger partial charge in [0.1, 0.15) is 27.7 Å². The lowest BCUT2D eigenvalue weighted by molar-refractivity contribution is -0.139. The van der Waals surface area contributed by atoms with Crippen LogP contribution in [-0.4, -0.2) is 68.9 Å². The van der Waals surface area contributed by atoms with Crippen LogP contribution in [-0.2, 0) is 19.6 Å². The van der Waals surface area contributed by atoms with Gasteiger partial charge in [0.15, 0.2) is 17.7 Å². The zero-order chi connectivity index (χ0) is 24.5. The SMILES string of the molecule is COC(=O)c1c(C)oc(C)c1S(=O)(=O)N1CCN(C(=O)C(C)Oc2ccc(F)c(F)c2)CC1. The molecule has 0 radical (unpaired) electrons. The van der Waals surface area contributed by atoms with Crippen molar-refractivity contribution in [3.05, 3.63) is 46.9 Å². The molecule has 1 saturated heterocycles. The molecule has 9 nitrogen and oxygen atoms in total. The van der Waals surface area contributed by atoms with E-state index in [0.717, 1.165) is 19.2 Å². The van der Waals surface area contributed by atoms with E-state index in [4.69, 9.17) is 13.9 Å². The highest BCUT2D eigenvalue weighted by atomic mass is 32.2. The van der Waals surface area contributed by atoms with Gasteiger partial charge in [-0.3, -0.25) is 4.79 Å². The Kier molecular flexibility index (Phi) is 7.08. The third kappa shape index (κ3) is 4.86. The minimum atomic E-state index is -4.09. The molecule has 1 atom stereocenters. The number of rotatable bonds is 6. The van der Waals surface area contributed by atoms with Gasteiger partial charge in [-0.15, -0.1) is 0 Å². The van der Waals surface area contributed by atoms with E-state index in [1.807, 2.05) is 0 Å². The van der Waals surface area contributed by atoms with Crippen LogP contribution >= 0.6 is 0 Å². The second-order valence-corrected chi connectivity index (χ2v) is 9.35. The molecule has 0 spiro atoms. The Balaban J connectivity index is 1.69. The molecule has 1 aromatic carbocycles. The van der Waals surface area contributed by atoms with Gasteiger partial charge < -0.3 is 18.8 Å². The van der Waals surface area contributed by atoms with Crippen LogP contribution in [0.3, 0.4) is 0 Å². The van der Waals surface area contributed by atoms with Crippen LogP contribution in [0.15, 0.2) is 27.5 Å². The Labute approximate surface area is 189 Å². The molecule has 0 N–H and O–H groups in total. The van der Waals surface area contributed by atoms with Crippen LogP contribution in [0.2, 0.25) is 0 Å². The Morgan fingerprint density at radius 3 is 2.27 bits per heavy atom. The first-order valence-corrected chi connectivity index (χ1v) is 11.5. The molecule has 1 aliphatic rings. The second kappa shape index (κ2) is 9.48. The number of hydrogen-bond acceptors (Lipinski definition) is 7. The van der Waals surface area contributed by atoms with E-state index >= 15 is 0 Å². The highest BCUT2D eigenvalue weighted by molar-refractivity contribution is 7.89. The number of benzene rings is 1. The molecule has 1 fully saturated rings. The number of furan rings is 1. The number of methoxy groups -OCH3 is 1. The van der Waals surface area contributed by atoms with Crippen molar-refractivity contribution in [3.8, 4) is 5.75 Å². The molecule has 12 heteroatoms. The molecule has 1 aliphatic heterocycles. The summed E-state index contributed by atoms with van der Waals surface area (Å²) in [7, 11) is -2.94. The van der Waals surface area contributed by atoms with Crippen LogP contribution in [0.4, 0.5) is 8.78 Å². The van der Waals surface area contributed by atoms with E-state index in [-0.39, 0.29) is 53.9 Å². The van der Waals surface area contributed by atoms with Gasteiger partial charge in [-0.2, -0.15) is 4.31 Å². The number of amides is 1. The number of hydrogen-bond donors (Lipinski definition) is 0. The molecule has 0 aliphatic carbocycles. The molecule has 0 bridgehead atoms. The van der Waals surface area contributed by atoms with E-state index in [0.29, 0.717) is 0 Å². The maximum Gasteiger partial charge on any atom is 0.342 e. The van der Waals surface area contributed by atoms with Crippen molar-refractivity contribution in [2.24, 2.45) is 0 Å². The van der Waals surface area contributed by atoms with Crippen molar-refractivity contribution in [2.75, 3.05) is 33.3 Å².